The Hall–Kier alpha value is -7.79. The lowest BCUT2D eigenvalue weighted by atomic mass is 9.91. The van der Waals surface area contributed by atoms with Crippen LogP contribution in [0.15, 0.2) is 147 Å². The number of aliphatic hydroxyl groups is 1. The summed E-state index contributed by atoms with van der Waals surface area (Å²) in [4.78, 5) is 63.8. The molecule has 0 heterocycles. The predicted molar refractivity (Wildman–Crippen MR) is 410 cm³/mol. The number of ketones is 1. The van der Waals surface area contributed by atoms with Crippen LogP contribution in [-0.4, -0.2) is 68.7 Å². The summed E-state index contributed by atoms with van der Waals surface area (Å²) in [6, 6.07) is 25.9. The van der Waals surface area contributed by atoms with Gasteiger partial charge in [0.15, 0.2) is 52.4 Å². The molecule has 3 atom stereocenters. The number of amides is 4. The van der Waals surface area contributed by atoms with E-state index in [4.69, 9.17) is 27.9 Å². The maximum absolute atomic E-state index is 14.2. The van der Waals surface area contributed by atoms with Crippen LogP contribution >= 0.6 is 70.2 Å². The number of hydrogen-bond donors (Lipinski definition) is 5. The molecule has 11 nitrogen and oxygen atoms in total. The molecule has 0 aromatic heterocycles. The van der Waals surface area contributed by atoms with Crippen LogP contribution in [0.3, 0.4) is 0 Å². The molecule has 0 aliphatic heterocycles. The Balaban J connectivity index is 0.000000169. The van der Waals surface area contributed by atoms with Crippen LogP contribution < -0.4 is 26.0 Å². The summed E-state index contributed by atoms with van der Waals surface area (Å²) < 4.78 is 166. The smallest absolute Gasteiger partial charge is 0.255 e. The van der Waals surface area contributed by atoms with Gasteiger partial charge in [0.05, 0.1) is 28.2 Å². The minimum atomic E-state index is -1.62. The number of aliphatic hydroxyl groups excluding tert-OH is 1. The Morgan fingerprint density at radius 2 is 0.745 bits per heavy atom. The van der Waals surface area contributed by atoms with Crippen molar-refractivity contribution in [2.45, 2.75) is 176 Å². The van der Waals surface area contributed by atoms with Gasteiger partial charge in [0, 0.05) is 130 Å². The molecule has 4 saturated carbocycles. The van der Waals surface area contributed by atoms with Crippen molar-refractivity contribution in [2.24, 2.45) is 11.8 Å². The molecule has 29 heteroatoms. The number of ether oxygens (including phenoxy) is 1. The van der Waals surface area contributed by atoms with Crippen LogP contribution in [0, 0.1) is 81.6 Å². The maximum Gasteiger partial charge on any atom is 0.255 e. The average molecular weight is 1650 g/mol. The molecule has 5 N–H and O–H groups in total. The molecular formula is C81H78Cl2F12N4O7S4. The van der Waals surface area contributed by atoms with E-state index in [9.17, 15) is 81.8 Å². The van der Waals surface area contributed by atoms with Crippen LogP contribution in [0.2, 0.25) is 10.0 Å². The molecule has 0 radical (unpaired) electrons. The first kappa shape index (κ1) is 86.2. The third-order valence-corrected chi connectivity index (χ3v) is 24.7. The fraction of sp³-hybridized carbons (Fsp3) is 0.346. The first-order valence-corrected chi connectivity index (χ1v) is 39.8. The first-order chi connectivity index (χ1) is 52.4. The zero-order chi connectivity index (χ0) is 79.5. The fourth-order valence-corrected chi connectivity index (χ4v) is 18.1. The second kappa shape index (κ2) is 41.1. The Kier molecular flexibility index (Phi) is 32.2. The molecular weight excluding hydrogens is 1570 g/mol. The van der Waals surface area contributed by atoms with Gasteiger partial charge >= 0.3 is 0 Å². The number of Topliss-reactive ketones (excluding diaryl/α,β-unsaturated/α-hetero) is 1. The van der Waals surface area contributed by atoms with Crippen LogP contribution in [0.1, 0.15) is 171 Å². The molecule has 0 saturated heterocycles. The molecule has 0 bridgehead atoms. The highest BCUT2D eigenvalue weighted by molar-refractivity contribution is 8.00. The van der Waals surface area contributed by atoms with Crippen molar-refractivity contribution >= 4 is 122 Å². The summed E-state index contributed by atoms with van der Waals surface area (Å²) in [5.74, 6) is -14.4. The first-order valence-electron chi connectivity index (χ1n) is 35.5. The van der Waals surface area contributed by atoms with Crippen LogP contribution in [0.4, 0.5) is 75.4 Å². The topological polar surface area (TPSA) is 163 Å². The van der Waals surface area contributed by atoms with Crippen molar-refractivity contribution in [3.05, 3.63) is 229 Å². The average Bonchev–Trinajstić information content (AvgIpc) is 0.905. The number of halogens is 14. The van der Waals surface area contributed by atoms with Gasteiger partial charge in [-0.05, 0) is 186 Å². The number of rotatable bonds is 17. The van der Waals surface area contributed by atoms with Gasteiger partial charge in [-0.15, -0.1) is 47.0 Å². The Bertz CT molecular complexity index is 4550. The molecule has 4 aliphatic carbocycles. The number of carbonyl (C=O) groups is 5. The number of benzene rings is 8. The van der Waals surface area contributed by atoms with Gasteiger partial charge in [0.2, 0.25) is 0 Å². The van der Waals surface area contributed by atoms with E-state index in [0.717, 1.165) is 129 Å². The van der Waals surface area contributed by atoms with Gasteiger partial charge in [-0.3, -0.25) is 24.0 Å². The fourth-order valence-electron chi connectivity index (χ4n) is 12.4. The molecule has 110 heavy (non-hydrogen) atoms. The highest BCUT2D eigenvalue weighted by Crippen LogP contribution is 2.43. The molecule has 4 amide bonds. The summed E-state index contributed by atoms with van der Waals surface area (Å²) in [5, 5.41) is 21.0. The van der Waals surface area contributed by atoms with E-state index in [-0.39, 0.29) is 54.4 Å². The standard InChI is InChI=1S/C21H22F3NO2S.C20H19ClF3NOS.C20H18ClF2NO2S.C20H19F4NO2S/c1-12-3-6-15(7-4-12)28-19-9-13(5-8-18(19)27-2)21(26)25-14-10-16(22)20(24)17(23)11-14;1-11-2-5-14(6-3-11)27-18-8-12(4-7-15(18)21)20(26)25-13-9-16(22)19(24)17(23)10-13;21-16-10-13(6-8-17(16)22)24-20(26)12-5-7-18(23)19(9-12)27-15-4-2-1-3-14(25)11-15;21-15-6-5-11(7-18(15)28-14-4-2-1-3-13(26)10-14)20(27)25-12-8-16(22)19(24)17(23)9-12/h5,8-12,15H,3-4,6-7H2,1-2H3,(H,25,26);4,7-11,14H,2-3,5-6H2,1H3,(H,25,26);5-10,15H,1-4,11H2,(H,24,26);5-9,13-14,26H,1-4,10H2,(H,25,27)/t;;;13-,14?/m...1/s1. The third kappa shape index (κ3) is 25.4. The zero-order valence-electron chi connectivity index (χ0n) is 59.7. The lowest BCUT2D eigenvalue weighted by molar-refractivity contribution is -0.118. The molecule has 2 unspecified atom stereocenters. The van der Waals surface area contributed by atoms with Crippen molar-refractivity contribution in [1.82, 2.24) is 0 Å². The van der Waals surface area contributed by atoms with Crippen LogP contribution in [0.5, 0.6) is 5.75 Å². The molecule has 586 valence electrons. The lowest BCUT2D eigenvalue weighted by Gasteiger charge is -2.26. The van der Waals surface area contributed by atoms with Crippen molar-refractivity contribution in [1.29, 1.82) is 0 Å². The number of anilines is 4. The summed E-state index contributed by atoms with van der Waals surface area (Å²) in [7, 11) is 1.58. The zero-order valence-corrected chi connectivity index (χ0v) is 64.5. The third-order valence-electron chi connectivity index (χ3n) is 18.5. The van der Waals surface area contributed by atoms with E-state index >= 15 is 0 Å². The van der Waals surface area contributed by atoms with E-state index in [0.29, 0.717) is 74.4 Å². The van der Waals surface area contributed by atoms with Crippen molar-refractivity contribution in [3.8, 4) is 5.75 Å². The number of hydrogen-bond acceptors (Lipinski definition) is 11. The Morgan fingerprint density at radius 1 is 0.382 bits per heavy atom. The Morgan fingerprint density at radius 3 is 1.20 bits per heavy atom. The predicted octanol–water partition coefficient (Wildman–Crippen LogP) is 23.9. The van der Waals surface area contributed by atoms with Gasteiger partial charge in [-0.1, -0.05) is 56.3 Å². The van der Waals surface area contributed by atoms with E-state index in [1.807, 2.05) is 0 Å². The number of nitrogens with one attached hydrogen (secondary N) is 4. The largest absolute Gasteiger partial charge is 0.496 e. The summed E-state index contributed by atoms with van der Waals surface area (Å²) >= 11 is 17.9. The van der Waals surface area contributed by atoms with Crippen molar-refractivity contribution < 1.29 is 86.5 Å². The van der Waals surface area contributed by atoms with Gasteiger partial charge in [-0.2, -0.15) is 0 Å². The van der Waals surface area contributed by atoms with Crippen molar-refractivity contribution in [2.75, 3.05) is 28.4 Å². The lowest BCUT2D eigenvalue weighted by Crippen LogP contribution is -2.15. The second-order valence-electron chi connectivity index (χ2n) is 27.1. The molecule has 8 aromatic carbocycles. The number of methoxy groups -OCH3 is 1. The minimum absolute atomic E-state index is 0.0173. The quantitative estimate of drug-likeness (QED) is 0.0335. The van der Waals surface area contributed by atoms with Crippen molar-refractivity contribution in [3.63, 3.8) is 0 Å². The molecule has 4 fully saturated rings. The van der Waals surface area contributed by atoms with Gasteiger partial charge in [-0.25, -0.2) is 52.7 Å². The minimum Gasteiger partial charge on any atom is -0.496 e. The summed E-state index contributed by atoms with van der Waals surface area (Å²) in [6.07, 6.45) is 16.4. The molecule has 4 aliphatic rings. The Labute approximate surface area is 656 Å². The van der Waals surface area contributed by atoms with E-state index in [1.54, 1.807) is 67.0 Å². The van der Waals surface area contributed by atoms with Gasteiger partial charge < -0.3 is 31.1 Å². The monoisotopic (exact) mass is 1640 g/mol. The summed E-state index contributed by atoms with van der Waals surface area (Å²) in [5.41, 5.74) is 0.831. The normalized spacial score (nSPS) is 19.1. The van der Waals surface area contributed by atoms with Crippen LogP contribution in [0.25, 0.3) is 0 Å². The van der Waals surface area contributed by atoms with E-state index in [2.05, 4.69) is 35.1 Å². The highest BCUT2D eigenvalue weighted by atomic mass is 35.5. The summed E-state index contributed by atoms with van der Waals surface area (Å²) in [6.45, 7) is 4.51. The maximum atomic E-state index is 14.2. The SMILES string of the molecule is CC1CCC(Sc2cc(C(=O)Nc3cc(F)c(F)c(F)c3)ccc2Cl)CC1.COc1ccc(C(=O)Nc2cc(F)c(F)c(F)c2)cc1SC1CCC(C)CC1.O=C(Nc1cc(F)c(F)c(F)c1)c1ccc(F)c(SC2CCCC[C@@H](O)C2)c1.O=C1CCCCC(Sc2cc(C(=O)Nc3ccc(F)c(Cl)c3)ccc2F)C1. The molecule has 0 spiro atoms. The second-order valence-corrected chi connectivity index (χ2v) is 33.3. The van der Waals surface area contributed by atoms with E-state index in [1.165, 1.54) is 91.7 Å². The number of carbonyl (C=O) groups excluding carboxylic acids is 5. The van der Waals surface area contributed by atoms with Gasteiger partial charge in [0.25, 0.3) is 23.6 Å². The van der Waals surface area contributed by atoms with E-state index < -0.39 is 99.5 Å². The van der Waals surface area contributed by atoms with Gasteiger partial charge in [0.1, 0.15) is 29.0 Å². The van der Waals surface area contributed by atoms with Crippen LogP contribution in [-0.2, 0) is 4.79 Å². The molecule has 12 rings (SSSR count). The molecule has 8 aromatic rings. The number of thioether (sulfide) groups is 4. The highest BCUT2D eigenvalue weighted by Gasteiger charge is 2.27.